The van der Waals surface area contributed by atoms with Gasteiger partial charge >= 0.3 is 0 Å². The van der Waals surface area contributed by atoms with Gasteiger partial charge < -0.3 is 4.74 Å². The van der Waals surface area contributed by atoms with Gasteiger partial charge in [-0.3, -0.25) is 4.99 Å². The smallest absolute Gasteiger partial charge is 0.113 e. The van der Waals surface area contributed by atoms with Crippen LogP contribution in [0.4, 0.5) is 0 Å². The number of ether oxygens (including phenoxy) is 1. The lowest BCUT2D eigenvalue weighted by atomic mass is 9.88. The Balaban J connectivity index is 1.89. The van der Waals surface area contributed by atoms with Crippen molar-refractivity contribution in [3.63, 3.8) is 0 Å². The lowest BCUT2D eigenvalue weighted by molar-refractivity contribution is 0.0645. The van der Waals surface area contributed by atoms with E-state index in [1.165, 1.54) is 22.3 Å². The highest BCUT2D eigenvalue weighted by atomic mass is 35.5. The van der Waals surface area contributed by atoms with Crippen LogP contribution >= 0.6 is 11.6 Å². The molecule has 0 spiro atoms. The van der Waals surface area contributed by atoms with Gasteiger partial charge in [-0.1, -0.05) is 48.5 Å². The number of alkyl halides is 1. The van der Waals surface area contributed by atoms with Gasteiger partial charge in [-0.15, -0.1) is 11.6 Å². The standard InChI is InChI=1S/C22H26ClNO/c1-17-6-5-9-20(19-7-3-2-4-8-19)22(17)21(24-16-23)11-10-18-12-14-25-15-13-18/h2-9,18H,10-16H2,1H3/b24-21-. The van der Waals surface area contributed by atoms with Crippen molar-refractivity contribution in [2.24, 2.45) is 10.9 Å². The third kappa shape index (κ3) is 4.71. The quantitative estimate of drug-likeness (QED) is 0.361. The van der Waals surface area contributed by atoms with Crippen molar-refractivity contribution in [3.05, 3.63) is 59.7 Å². The van der Waals surface area contributed by atoms with E-state index < -0.39 is 0 Å². The zero-order chi connectivity index (χ0) is 17.5. The van der Waals surface area contributed by atoms with E-state index in [2.05, 4.69) is 60.4 Å². The molecular formula is C22H26ClNO. The summed E-state index contributed by atoms with van der Waals surface area (Å²) in [5, 5.41) is 0. The summed E-state index contributed by atoms with van der Waals surface area (Å²) in [5.74, 6) is 0.735. The highest BCUT2D eigenvalue weighted by Gasteiger charge is 2.18. The van der Waals surface area contributed by atoms with E-state index in [0.29, 0.717) is 6.00 Å². The number of rotatable bonds is 6. The van der Waals surface area contributed by atoms with E-state index >= 15 is 0 Å². The van der Waals surface area contributed by atoms with E-state index in [1.807, 2.05) is 0 Å². The van der Waals surface area contributed by atoms with Gasteiger partial charge in [0.05, 0.1) is 0 Å². The molecule has 0 bridgehead atoms. The minimum absolute atomic E-state index is 0.311. The first-order chi connectivity index (χ1) is 12.3. The second-order valence-corrected chi connectivity index (χ2v) is 6.92. The number of hydrogen-bond donors (Lipinski definition) is 0. The maximum Gasteiger partial charge on any atom is 0.113 e. The van der Waals surface area contributed by atoms with Crippen molar-refractivity contribution in [1.29, 1.82) is 0 Å². The minimum atomic E-state index is 0.311. The van der Waals surface area contributed by atoms with Crippen LogP contribution in [0.1, 0.15) is 36.8 Å². The first-order valence-electron chi connectivity index (χ1n) is 9.12. The second kappa shape index (κ2) is 9.17. The molecule has 1 aliphatic rings. The summed E-state index contributed by atoms with van der Waals surface area (Å²) in [5.41, 5.74) is 6.13. The van der Waals surface area contributed by atoms with E-state index in [-0.39, 0.29) is 0 Å². The van der Waals surface area contributed by atoms with Crippen LogP contribution in [-0.2, 0) is 4.74 Å². The summed E-state index contributed by atoms with van der Waals surface area (Å²) in [4.78, 5) is 4.68. The number of hydrogen-bond acceptors (Lipinski definition) is 2. The van der Waals surface area contributed by atoms with Gasteiger partial charge in [-0.2, -0.15) is 0 Å². The Labute approximate surface area is 155 Å². The molecule has 1 saturated heterocycles. The lowest BCUT2D eigenvalue weighted by Crippen LogP contribution is -2.17. The van der Waals surface area contributed by atoms with Gasteiger partial charge in [0.25, 0.3) is 0 Å². The number of nitrogens with zero attached hydrogens (tertiary/aromatic N) is 1. The number of halogens is 1. The van der Waals surface area contributed by atoms with Crippen molar-refractivity contribution >= 4 is 17.3 Å². The van der Waals surface area contributed by atoms with Crippen LogP contribution in [0.2, 0.25) is 0 Å². The molecule has 0 N–H and O–H groups in total. The number of aliphatic imine (C=N–C) groups is 1. The van der Waals surface area contributed by atoms with Crippen molar-refractivity contribution in [2.75, 3.05) is 19.2 Å². The Kier molecular flexibility index (Phi) is 6.66. The molecule has 0 radical (unpaired) electrons. The van der Waals surface area contributed by atoms with Crippen LogP contribution in [-0.4, -0.2) is 24.9 Å². The fraction of sp³-hybridized carbons (Fsp3) is 0.409. The van der Waals surface area contributed by atoms with Gasteiger partial charge in [-0.25, -0.2) is 0 Å². The molecular weight excluding hydrogens is 330 g/mol. The molecule has 1 aliphatic heterocycles. The predicted molar refractivity (Wildman–Crippen MR) is 107 cm³/mol. The SMILES string of the molecule is Cc1cccc(-c2ccccc2)c1/C(CCC1CCOCC1)=N\CCl. The van der Waals surface area contributed by atoms with Crippen LogP contribution in [0.15, 0.2) is 53.5 Å². The van der Waals surface area contributed by atoms with Gasteiger partial charge in [0, 0.05) is 24.5 Å². The van der Waals surface area contributed by atoms with Gasteiger partial charge in [0.1, 0.15) is 6.00 Å². The molecule has 3 rings (SSSR count). The number of benzene rings is 2. The Morgan fingerprint density at radius 3 is 2.56 bits per heavy atom. The van der Waals surface area contributed by atoms with Crippen molar-refractivity contribution in [2.45, 2.75) is 32.6 Å². The highest BCUT2D eigenvalue weighted by molar-refractivity contribution is 6.19. The zero-order valence-electron chi connectivity index (χ0n) is 14.9. The maximum atomic E-state index is 6.01. The third-order valence-electron chi connectivity index (χ3n) is 5.03. The van der Waals surface area contributed by atoms with Gasteiger partial charge in [0.15, 0.2) is 0 Å². The van der Waals surface area contributed by atoms with Crippen molar-refractivity contribution in [1.82, 2.24) is 0 Å². The minimum Gasteiger partial charge on any atom is -0.381 e. The third-order valence-corrected chi connectivity index (χ3v) is 5.15. The van der Waals surface area contributed by atoms with Crippen molar-refractivity contribution in [3.8, 4) is 11.1 Å². The monoisotopic (exact) mass is 355 g/mol. The van der Waals surface area contributed by atoms with Crippen LogP contribution < -0.4 is 0 Å². The summed E-state index contributed by atoms with van der Waals surface area (Å²) in [6.07, 6.45) is 4.45. The average Bonchev–Trinajstić information content (AvgIpc) is 2.67. The summed E-state index contributed by atoms with van der Waals surface area (Å²) in [6, 6.07) is 17.3. The Morgan fingerprint density at radius 2 is 1.84 bits per heavy atom. The molecule has 2 aromatic carbocycles. The average molecular weight is 356 g/mol. The number of aryl methyl sites for hydroxylation is 1. The van der Waals surface area contributed by atoms with Gasteiger partial charge in [0.2, 0.25) is 0 Å². The highest BCUT2D eigenvalue weighted by Crippen LogP contribution is 2.29. The molecule has 2 nitrogen and oxygen atoms in total. The molecule has 0 aliphatic carbocycles. The van der Waals surface area contributed by atoms with E-state index in [1.54, 1.807) is 0 Å². The summed E-state index contributed by atoms with van der Waals surface area (Å²) >= 11 is 6.01. The summed E-state index contributed by atoms with van der Waals surface area (Å²) < 4.78 is 5.48. The van der Waals surface area contributed by atoms with Crippen molar-refractivity contribution < 1.29 is 4.74 Å². The van der Waals surface area contributed by atoms with E-state index in [9.17, 15) is 0 Å². The van der Waals surface area contributed by atoms with Crippen LogP contribution in [0.3, 0.4) is 0 Å². The van der Waals surface area contributed by atoms with Gasteiger partial charge in [-0.05, 0) is 55.2 Å². The van der Waals surface area contributed by atoms with Crippen LogP contribution in [0.25, 0.3) is 11.1 Å². The predicted octanol–water partition coefficient (Wildman–Crippen LogP) is 5.85. The lowest BCUT2D eigenvalue weighted by Gasteiger charge is -2.23. The molecule has 2 aromatic rings. The molecule has 1 heterocycles. The first-order valence-corrected chi connectivity index (χ1v) is 9.65. The maximum absolute atomic E-state index is 6.01. The molecule has 0 aromatic heterocycles. The molecule has 3 heteroatoms. The van der Waals surface area contributed by atoms with E-state index in [4.69, 9.17) is 16.3 Å². The molecule has 132 valence electrons. The van der Waals surface area contributed by atoms with E-state index in [0.717, 1.165) is 50.5 Å². The molecule has 25 heavy (non-hydrogen) atoms. The normalized spacial score (nSPS) is 16.2. The molecule has 1 fully saturated rings. The van der Waals surface area contributed by atoms with Crippen LogP contribution in [0.5, 0.6) is 0 Å². The van der Waals surface area contributed by atoms with Crippen LogP contribution in [0, 0.1) is 12.8 Å². The topological polar surface area (TPSA) is 21.6 Å². The fourth-order valence-electron chi connectivity index (χ4n) is 3.64. The summed E-state index contributed by atoms with van der Waals surface area (Å²) in [7, 11) is 0. The Bertz CT molecular complexity index is 705. The molecule has 0 atom stereocenters. The molecule has 0 unspecified atom stereocenters. The second-order valence-electron chi connectivity index (χ2n) is 6.68. The fourth-order valence-corrected chi connectivity index (χ4v) is 3.78. The Hall–Kier alpha value is -1.64. The molecule has 0 amide bonds. The zero-order valence-corrected chi connectivity index (χ0v) is 15.6. The Morgan fingerprint density at radius 1 is 1.08 bits per heavy atom. The molecule has 0 saturated carbocycles. The largest absolute Gasteiger partial charge is 0.381 e. The first kappa shape index (κ1) is 18.2. The summed E-state index contributed by atoms with van der Waals surface area (Å²) in [6.45, 7) is 3.96.